The minimum atomic E-state index is -0.658. The number of amides is 1. The molecule has 1 unspecified atom stereocenters. The number of allylic oxidation sites excluding steroid dienone is 2. The van der Waals surface area contributed by atoms with Gasteiger partial charge in [0.15, 0.2) is 5.78 Å². The number of rotatable bonds is 2. The van der Waals surface area contributed by atoms with Gasteiger partial charge in [0.2, 0.25) is 0 Å². The first-order valence-electron chi connectivity index (χ1n) is 8.93. The molecule has 0 radical (unpaired) electrons. The molecule has 4 rings (SSSR count). The third kappa shape index (κ3) is 2.84. The van der Waals surface area contributed by atoms with E-state index < -0.39 is 11.9 Å². The van der Waals surface area contributed by atoms with E-state index in [1.165, 1.54) is 7.11 Å². The maximum atomic E-state index is 12.9. The quantitative estimate of drug-likeness (QED) is 0.789. The SMILES string of the molecule is COC(=O)C1=C2C(=O)NCCN2C2=C(C(=O)CCC2)C1c1cccc(Cl)c1. The number of piperazine rings is 1. The van der Waals surface area contributed by atoms with Crippen molar-refractivity contribution in [2.45, 2.75) is 25.2 Å². The second kappa shape index (κ2) is 6.85. The number of nitrogens with one attached hydrogen (secondary N) is 1. The number of hydrogen-bond donors (Lipinski definition) is 1. The van der Waals surface area contributed by atoms with Gasteiger partial charge in [0.25, 0.3) is 5.91 Å². The van der Waals surface area contributed by atoms with Crippen molar-refractivity contribution in [1.82, 2.24) is 10.2 Å². The van der Waals surface area contributed by atoms with Crippen molar-refractivity contribution in [2.24, 2.45) is 0 Å². The normalized spacial score (nSPS) is 22.3. The van der Waals surface area contributed by atoms with Gasteiger partial charge in [0.05, 0.1) is 12.7 Å². The van der Waals surface area contributed by atoms with E-state index in [2.05, 4.69) is 5.32 Å². The standard InChI is InChI=1S/C20H19ClN2O4/c1-27-20(26)17-15(11-4-2-5-12(21)10-11)16-13(6-3-7-14(16)24)23-9-8-22-19(25)18(17)23/h2,4-5,10,15H,3,6-9H2,1H3,(H,22,25). The molecule has 7 heteroatoms. The number of ether oxygens (including phenoxy) is 1. The molecule has 0 aromatic heterocycles. The zero-order chi connectivity index (χ0) is 19.1. The van der Waals surface area contributed by atoms with Crippen molar-refractivity contribution in [3.63, 3.8) is 0 Å². The Labute approximate surface area is 161 Å². The fourth-order valence-corrected chi connectivity index (χ4v) is 4.42. The van der Waals surface area contributed by atoms with Crippen LogP contribution in [0.5, 0.6) is 0 Å². The van der Waals surface area contributed by atoms with Crippen molar-refractivity contribution in [3.05, 3.63) is 57.4 Å². The first-order chi connectivity index (χ1) is 13.0. The van der Waals surface area contributed by atoms with E-state index in [-0.39, 0.29) is 23.0 Å². The van der Waals surface area contributed by atoms with Gasteiger partial charge in [0.1, 0.15) is 5.70 Å². The van der Waals surface area contributed by atoms with Crippen LogP contribution < -0.4 is 5.32 Å². The summed E-state index contributed by atoms with van der Waals surface area (Å²) in [5.74, 6) is -1.58. The Morgan fingerprint density at radius 2 is 2.11 bits per heavy atom. The van der Waals surface area contributed by atoms with E-state index in [4.69, 9.17) is 16.3 Å². The molecule has 140 valence electrons. The minimum Gasteiger partial charge on any atom is -0.466 e. The van der Waals surface area contributed by atoms with Gasteiger partial charge in [0, 0.05) is 41.7 Å². The predicted octanol–water partition coefficient (Wildman–Crippen LogP) is 2.30. The van der Waals surface area contributed by atoms with E-state index >= 15 is 0 Å². The molecule has 1 aliphatic carbocycles. The highest BCUT2D eigenvalue weighted by Crippen LogP contribution is 2.47. The lowest BCUT2D eigenvalue weighted by atomic mass is 9.74. The Hall–Kier alpha value is -2.60. The van der Waals surface area contributed by atoms with Crippen LogP contribution in [0.15, 0.2) is 46.8 Å². The maximum Gasteiger partial charge on any atom is 0.337 e. The summed E-state index contributed by atoms with van der Waals surface area (Å²) >= 11 is 6.18. The van der Waals surface area contributed by atoms with Crippen molar-refractivity contribution >= 4 is 29.3 Å². The molecule has 1 saturated heterocycles. The smallest absolute Gasteiger partial charge is 0.337 e. The third-order valence-electron chi connectivity index (χ3n) is 5.28. The van der Waals surface area contributed by atoms with Gasteiger partial charge in [-0.05, 0) is 30.5 Å². The number of hydrogen-bond acceptors (Lipinski definition) is 5. The van der Waals surface area contributed by atoms with Gasteiger partial charge in [-0.2, -0.15) is 0 Å². The molecule has 1 N–H and O–H groups in total. The second-order valence-electron chi connectivity index (χ2n) is 6.79. The largest absolute Gasteiger partial charge is 0.466 e. The van der Waals surface area contributed by atoms with Crippen LogP contribution in [0.1, 0.15) is 30.7 Å². The molecule has 2 aliphatic heterocycles. The Morgan fingerprint density at radius 1 is 1.30 bits per heavy atom. The Bertz CT molecular complexity index is 918. The molecule has 1 aromatic rings. The monoisotopic (exact) mass is 386 g/mol. The number of methoxy groups -OCH3 is 1. The summed E-state index contributed by atoms with van der Waals surface area (Å²) in [6.45, 7) is 0.986. The van der Waals surface area contributed by atoms with Crippen molar-refractivity contribution in [1.29, 1.82) is 0 Å². The average Bonchev–Trinajstić information content (AvgIpc) is 2.67. The first-order valence-corrected chi connectivity index (χ1v) is 9.30. The molecule has 1 atom stereocenters. The van der Waals surface area contributed by atoms with E-state index in [9.17, 15) is 14.4 Å². The average molecular weight is 387 g/mol. The molecule has 0 saturated carbocycles. The van der Waals surface area contributed by atoms with Crippen LogP contribution in [0.3, 0.4) is 0 Å². The van der Waals surface area contributed by atoms with Gasteiger partial charge in [-0.25, -0.2) is 4.79 Å². The van der Waals surface area contributed by atoms with Crippen LogP contribution in [-0.2, 0) is 19.1 Å². The van der Waals surface area contributed by atoms with Crippen LogP contribution in [0, 0.1) is 0 Å². The van der Waals surface area contributed by atoms with Crippen molar-refractivity contribution < 1.29 is 19.1 Å². The summed E-state index contributed by atoms with van der Waals surface area (Å²) in [7, 11) is 1.28. The van der Waals surface area contributed by atoms with Gasteiger partial charge in [-0.3, -0.25) is 9.59 Å². The zero-order valence-electron chi connectivity index (χ0n) is 14.9. The Kier molecular flexibility index (Phi) is 4.52. The van der Waals surface area contributed by atoms with E-state index in [0.29, 0.717) is 42.1 Å². The fraction of sp³-hybridized carbons (Fsp3) is 0.350. The second-order valence-corrected chi connectivity index (χ2v) is 7.22. The summed E-state index contributed by atoms with van der Waals surface area (Å²) in [5, 5.41) is 3.30. The fourth-order valence-electron chi connectivity index (χ4n) is 4.22. The lowest BCUT2D eigenvalue weighted by Crippen LogP contribution is -2.50. The zero-order valence-corrected chi connectivity index (χ0v) is 15.6. The molecule has 3 aliphatic rings. The Balaban J connectivity index is 2.02. The van der Waals surface area contributed by atoms with Gasteiger partial charge in [-0.15, -0.1) is 0 Å². The lowest BCUT2D eigenvalue weighted by Gasteiger charge is -2.43. The van der Waals surface area contributed by atoms with E-state index in [1.807, 2.05) is 11.0 Å². The van der Waals surface area contributed by atoms with Gasteiger partial charge in [-0.1, -0.05) is 23.7 Å². The number of halogens is 1. The number of carbonyl (C=O) groups excluding carboxylic acids is 3. The number of Topliss-reactive ketones (excluding diaryl/α,β-unsaturated/α-hetero) is 1. The van der Waals surface area contributed by atoms with Crippen LogP contribution in [0.4, 0.5) is 0 Å². The number of ketones is 1. The molecule has 27 heavy (non-hydrogen) atoms. The first kappa shape index (κ1) is 17.8. The molecule has 2 heterocycles. The molecule has 1 aromatic carbocycles. The number of fused-ring (bicyclic) bond motifs is 2. The molecule has 6 nitrogen and oxygen atoms in total. The predicted molar refractivity (Wildman–Crippen MR) is 98.8 cm³/mol. The maximum absolute atomic E-state index is 12.9. The van der Waals surface area contributed by atoms with Crippen LogP contribution in [0.2, 0.25) is 5.02 Å². The highest BCUT2D eigenvalue weighted by Gasteiger charge is 2.45. The van der Waals surface area contributed by atoms with Crippen molar-refractivity contribution in [2.75, 3.05) is 20.2 Å². The highest BCUT2D eigenvalue weighted by atomic mass is 35.5. The molecule has 1 fully saturated rings. The summed E-state index contributed by atoms with van der Waals surface area (Å²) < 4.78 is 5.01. The lowest BCUT2D eigenvalue weighted by molar-refractivity contribution is -0.137. The summed E-state index contributed by atoms with van der Waals surface area (Å²) in [6.07, 6.45) is 1.86. The van der Waals surface area contributed by atoms with Crippen LogP contribution in [0.25, 0.3) is 0 Å². The van der Waals surface area contributed by atoms with E-state index in [0.717, 1.165) is 12.1 Å². The third-order valence-corrected chi connectivity index (χ3v) is 5.52. The summed E-state index contributed by atoms with van der Waals surface area (Å²) in [4.78, 5) is 40.2. The van der Waals surface area contributed by atoms with E-state index in [1.54, 1.807) is 18.2 Å². The number of carbonyl (C=O) groups is 3. The molecular formula is C20H19ClN2O4. The van der Waals surface area contributed by atoms with Gasteiger partial charge >= 0.3 is 5.97 Å². The molecule has 0 spiro atoms. The van der Waals surface area contributed by atoms with Gasteiger partial charge < -0.3 is 15.0 Å². The summed E-state index contributed by atoms with van der Waals surface area (Å²) in [5.41, 5.74) is 2.62. The number of nitrogens with zero attached hydrogens (tertiary/aromatic N) is 1. The Morgan fingerprint density at radius 3 is 2.85 bits per heavy atom. The molecule has 1 amide bonds. The molecule has 0 bridgehead atoms. The van der Waals surface area contributed by atoms with Crippen LogP contribution >= 0.6 is 11.6 Å². The van der Waals surface area contributed by atoms with Crippen molar-refractivity contribution in [3.8, 4) is 0 Å². The summed E-state index contributed by atoms with van der Waals surface area (Å²) in [6, 6.07) is 7.07. The number of esters is 1. The number of benzene rings is 1. The molecular weight excluding hydrogens is 368 g/mol. The highest BCUT2D eigenvalue weighted by molar-refractivity contribution is 6.30. The minimum absolute atomic E-state index is 0.00709. The topological polar surface area (TPSA) is 75.7 Å². The van der Waals surface area contributed by atoms with Crippen LogP contribution in [-0.4, -0.2) is 42.8 Å².